The SMILES string of the molecule is C=CCOC(=O)N1CCC(N(C)CC(=O)O)CC1. The third kappa shape index (κ3) is 4.37. The zero-order valence-corrected chi connectivity index (χ0v) is 10.7. The molecular formula is C12H20N2O4. The van der Waals surface area contributed by atoms with Crippen molar-refractivity contribution < 1.29 is 19.4 Å². The molecule has 1 saturated heterocycles. The summed E-state index contributed by atoms with van der Waals surface area (Å²) in [4.78, 5) is 25.6. The van der Waals surface area contributed by atoms with Crippen LogP contribution in [0.4, 0.5) is 4.79 Å². The highest BCUT2D eigenvalue weighted by molar-refractivity contribution is 5.69. The number of likely N-dealkylation sites (N-methyl/N-ethyl adjacent to an activating group) is 1. The van der Waals surface area contributed by atoms with Gasteiger partial charge in [0.25, 0.3) is 0 Å². The first kappa shape index (κ1) is 14.5. The molecule has 1 N–H and O–H groups in total. The van der Waals surface area contributed by atoms with E-state index in [9.17, 15) is 9.59 Å². The van der Waals surface area contributed by atoms with Gasteiger partial charge in [-0.25, -0.2) is 4.79 Å². The molecule has 0 aromatic rings. The first-order valence-electron chi connectivity index (χ1n) is 5.99. The molecular weight excluding hydrogens is 236 g/mol. The van der Waals surface area contributed by atoms with Crippen molar-refractivity contribution >= 4 is 12.1 Å². The maximum absolute atomic E-state index is 11.6. The lowest BCUT2D eigenvalue weighted by Crippen LogP contribution is -2.46. The van der Waals surface area contributed by atoms with Crippen molar-refractivity contribution in [2.45, 2.75) is 18.9 Å². The van der Waals surface area contributed by atoms with Gasteiger partial charge in [0.2, 0.25) is 0 Å². The van der Waals surface area contributed by atoms with E-state index < -0.39 is 5.97 Å². The van der Waals surface area contributed by atoms with Gasteiger partial charge in [-0.05, 0) is 19.9 Å². The Kier molecular flexibility index (Phi) is 5.64. The summed E-state index contributed by atoms with van der Waals surface area (Å²) in [6.07, 6.45) is 2.75. The number of nitrogens with zero attached hydrogens (tertiary/aromatic N) is 2. The first-order chi connectivity index (χ1) is 8.54. The highest BCUT2D eigenvalue weighted by Gasteiger charge is 2.26. The Hall–Kier alpha value is -1.56. The standard InChI is InChI=1S/C12H20N2O4/c1-3-8-18-12(17)14-6-4-10(5-7-14)13(2)9-11(15)16/h3,10H,1,4-9H2,2H3,(H,15,16). The molecule has 0 aliphatic carbocycles. The van der Waals surface area contributed by atoms with E-state index in [0.29, 0.717) is 13.1 Å². The van der Waals surface area contributed by atoms with Crippen LogP contribution in [-0.4, -0.2) is 66.3 Å². The van der Waals surface area contributed by atoms with Crippen LogP contribution in [0.5, 0.6) is 0 Å². The van der Waals surface area contributed by atoms with Gasteiger partial charge in [-0.15, -0.1) is 0 Å². The van der Waals surface area contributed by atoms with E-state index in [4.69, 9.17) is 9.84 Å². The number of hydrogen-bond donors (Lipinski definition) is 1. The fourth-order valence-corrected chi connectivity index (χ4v) is 2.05. The molecule has 1 aliphatic heterocycles. The molecule has 0 radical (unpaired) electrons. The molecule has 0 aromatic heterocycles. The van der Waals surface area contributed by atoms with Gasteiger partial charge >= 0.3 is 12.1 Å². The number of ether oxygens (including phenoxy) is 1. The van der Waals surface area contributed by atoms with Gasteiger partial charge in [0, 0.05) is 19.1 Å². The van der Waals surface area contributed by atoms with Gasteiger partial charge in [0.05, 0.1) is 6.54 Å². The van der Waals surface area contributed by atoms with Crippen LogP contribution in [0.3, 0.4) is 0 Å². The van der Waals surface area contributed by atoms with Gasteiger partial charge in [-0.2, -0.15) is 0 Å². The molecule has 102 valence electrons. The summed E-state index contributed by atoms with van der Waals surface area (Å²) in [5.41, 5.74) is 0. The molecule has 0 atom stereocenters. The Morgan fingerprint density at radius 1 is 1.50 bits per heavy atom. The Bertz CT molecular complexity index is 311. The maximum Gasteiger partial charge on any atom is 0.410 e. The van der Waals surface area contributed by atoms with Crippen LogP contribution in [-0.2, 0) is 9.53 Å². The largest absolute Gasteiger partial charge is 0.480 e. The minimum Gasteiger partial charge on any atom is -0.480 e. The molecule has 18 heavy (non-hydrogen) atoms. The topological polar surface area (TPSA) is 70.1 Å². The lowest BCUT2D eigenvalue weighted by atomic mass is 10.0. The monoisotopic (exact) mass is 256 g/mol. The molecule has 1 rings (SSSR count). The Balaban J connectivity index is 2.33. The number of carboxylic acids is 1. The Morgan fingerprint density at radius 2 is 2.11 bits per heavy atom. The van der Waals surface area contributed by atoms with Crippen molar-refractivity contribution in [3.63, 3.8) is 0 Å². The zero-order valence-electron chi connectivity index (χ0n) is 10.7. The Morgan fingerprint density at radius 3 is 2.61 bits per heavy atom. The fraction of sp³-hybridized carbons (Fsp3) is 0.667. The third-order valence-corrected chi connectivity index (χ3v) is 3.06. The van der Waals surface area contributed by atoms with Crippen LogP contribution in [0, 0.1) is 0 Å². The molecule has 1 aliphatic rings. The van der Waals surface area contributed by atoms with E-state index in [1.54, 1.807) is 11.9 Å². The zero-order chi connectivity index (χ0) is 13.5. The quantitative estimate of drug-likeness (QED) is 0.736. The lowest BCUT2D eigenvalue weighted by molar-refractivity contribution is -0.138. The highest BCUT2D eigenvalue weighted by Crippen LogP contribution is 2.15. The summed E-state index contributed by atoms with van der Waals surface area (Å²) in [6, 6.07) is 0.213. The molecule has 0 unspecified atom stereocenters. The van der Waals surface area contributed by atoms with Gasteiger partial charge in [0.15, 0.2) is 0 Å². The number of piperidine rings is 1. The predicted octanol–water partition coefficient (Wildman–Crippen LogP) is 0.790. The summed E-state index contributed by atoms with van der Waals surface area (Å²) in [5, 5.41) is 8.72. The lowest BCUT2D eigenvalue weighted by Gasteiger charge is -2.35. The molecule has 1 fully saturated rings. The number of carbonyl (C=O) groups is 2. The molecule has 1 heterocycles. The van der Waals surface area contributed by atoms with E-state index in [-0.39, 0.29) is 25.3 Å². The highest BCUT2D eigenvalue weighted by atomic mass is 16.6. The average Bonchev–Trinajstić information content (AvgIpc) is 2.35. The number of hydrogen-bond acceptors (Lipinski definition) is 4. The number of rotatable bonds is 5. The van der Waals surface area contributed by atoms with Crippen LogP contribution in [0.15, 0.2) is 12.7 Å². The second-order valence-electron chi connectivity index (χ2n) is 4.39. The van der Waals surface area contributed by atoms with Crippen molar-refractivity contribution in [2.75, 3.05) is 33.3 Å². The number of carboxylic acid groups (broad SMARTS) is 1. The first-order valence-corrected chi connectivity index (χ1v) is 5.99. The summed E-state index contributed by atoms with van der Waals surface area (Å²) in [6.45, 7) is 4.94. The average molecular weight is 256 g/mol. The van der Waals surface area contributed by atoms with E-state index in [2.05, 4.69) is 6.58 Å². The molecule has 0 spiro atoms. The molecule has 1 amide bonds. The predicted molar refractivity (Wildman–Crippen MR) is 66.4 cm³/mol. The smallest absolute Gasteiger partial charge is 0.410 e. The number of likely N-dealkylation sites (tertiary alicyclic amines) is 1. The van der Waals surface area contributed by atoms with E-state index in [1.807, 2.05) is 4.90 Å². The summed E-state index contributed by atoms with van der Waals surface area (Å²) in [5.74, 6) is -0.828. The minimum atomic E-state index is -0.828. The second-order valence-corrected chi connectivity index (χ2v) is 4.39. The summed E-state index contributed by atoms with van der Waals surface area (Å²) < 4.78 is 4.95. The Labute approximate surface area is 107 Å². The van der Waals surface area contributed by atoms with Gasteiger partial charge < -0.3 is 14.7 Å². The minimum absolute atomic E-state index is 0.0333. The van der Waals surface area contributed by atoms with Crippen molar-refractivity contribution in [2.24, 2.45) is 0 Å². The number of amides is 1. The van der Waals surface area contributed by atoms with Crippen molar-refractivity contribution in [1.29, 1.82) is 0 Å². The van der Waals surface area contributed by atoms with Crippen LogP contribution in [0.25, 0.3) is 0 Å². The maximum atomic E-state index is 11.6. The van der Waals surface area contributed by atoms with Crippen molar-refractivity contribution in [3.05, 3.63) is 12.7 Å². The van der Waals surface area contributed by atoms with Gasteiger partial charge in [-0.1, -0.05) is 12.7 Å². The third-order valence-electron chi connectivity index (χ3n) is 3.06. The van der Waals surface area contributed by atoms with Crippen molar-refractivity contribution in [3.8, 4) is 0 Å². The molecule has 0 bridgehead atoms. The molecule has 6 heteroatoms. The molecule has 0 aromatic carbocycles. The number of carbonyl (C=O) groups excluding carboxylic acids is 1. The van der Waals surface area contributed by atoms with Gasteiger partial charge in [-0.3, -0.25) is 9.69 Å². The van der Waals surface area contributed by atoms with E-state index >= 15 is 0 Å². The fourth-order valence-electron chi connectivity index (χ4n) is 2.05. The molecule has 0 saturated carbocycles. The van der Waals surface area contributed by atoms with Gasteiger partial charge in [0.1, 0.15) is 6.61 Å². The van der Waals surface area contributed by atoms with Crippen LogP contribution in [0.2, 0.25) is 0 Å². The van der Waals surface area contributed by atoms with Crippen molar-refractivity contribution in [1.82, 2.24) is 9.80 Å². The summed E-state index contributed by atoms with van der Waals surface area (Å²) >= 11 is 0. The van der Waals surface area contributed by atoms with Crippen LogP contribution in [0.1, 0.15) is 12.8 Å². The van der Waals surface area contributed by atoms with E-state index in [1.165, 1.54) is 6.08 Å². The van der Waals surface area contributed by atoms with E-state index in [0.717, 1.165) is 12.8 Å². The normalized spacial score (nSPS) is 16.7. The van der Waals surface area contributed by atoms with Crippen LogP contribution >= 0.6 is 0 Å². The second kappa shape index (κ2) is 7.00. The van der Waals surface area contributed by atoms with Crippen LogP contribution < -0.4 is 0 Å². The summed E-state index contributed by atoms with van der Waals surface area (Å²) in [7, 11) is 1.80. The molecule has 6 nitrogen and oxygen atoms in total. The number of aliphatic carboxylic acids is 1.